The van der Waals surface area contributed by atoms with Crippen molar-refractivity contribution in [3.8, 4) is 23.3 Å². The van der Waals surface area contributed by atoms with Crippen molar-refractivity contribution in [1.29, 1.82) is 0 Å². The lowest BCUT2D eigenvalue weighted by Crippen LogP contribution is -2.46. The van der Waals surface area contributed by atoms with Gasteiger partial charge in [-0.05, 0) is 133 Å². The van der Waals surface area contributed by atoms with Gasteiger partial charge in [0.1, 0.15) is 11.5 Å². The molecule has 0 spiro atoms. The van der Waals surface area contributed by atoms with Gasteiger partial charge in [0.2, 0.25) is 25.3 Å². The van der Waals surface area contributed by atoms with E-state index in [-0.39, 0.29) is 26.4 Å². The molecule has 0 aliphatic carbocycles. The number of nitrogens with zero attached hydrogens (tertiary/aromatic N) is 6. The smallest absolute Gasteiger partial charge is 0.311 e. The Balaban J connectivity index is 0.666. The second-order valence-electron chi connectivity index (χ2n) is 19.7. The van der Waals surface area contributed by atoms with Gasteiger partial charge in [0, 0.05) is 116 Å². The van der Waals surface area contributed by atoms with E-state index < -0.39 is 17.9 Å². The number of allylic oxidation sites excluding steroid dienone is 2. The van der Waals surface area contributed by atoms with Gasteiger partial charge in [-0.2, -0.15) is 0 Å². The lowest BCUT2D eigenvalue weighted by atomic mass is 10.0. The predicted octanol–water partition coefficient (Wildman–Crippen LogP) is 11.3. The number of fused-ring (bicyclic) bond motifs is 2. The zero-order valence-electron chi connectivity index (χ0n) is 45.2. The summed E-state index contributed by atoms with van der Waals surface area (Å²) < 4.78 is 34.3. The van der Waals surface area contributed by atoms with Crippen molar-refractivity contribution in [2.24, 2.45) is 5.92 Å². The molecule has 2 aromatic heterocycles. The summed E-state index contributed by atoms with van der Waals surface area (Å²) in [6.45, 7) is 21.3. The number of hydrogen-bond donors (Lipinski definition) is 0. The third-order valence-corrected chi connectivity index (χ3v) is 14.3. The van der Waals surface area contributed by atoms with Gasteiger partial charge in [-0.1, -0.05) is 55.5 Å². The second kappa shape index (κ2) is 28.1. The van der Waals surface area contributed by atoms with Crippen LogP contribution < -0.4 is 28.7 Å². The number of esters is 2. The van der Waals surface area contributed by atoms with Crippen LogP contribution in [0.5, 0.6) is 23.3 Å². The summed E-state index contributed by atoms with van der Waals surface area (Å²) in [5.74, 6) is 0.583. The van der Waals surface area contributed by atoms with Crippen LogP contribution in [0.25, 0.3) is 34.0 Å². The minimum atomic E-state index is -0.561. The van der Waals surface area contributed by atoms with Gasteiger partial charge in [-0.3, -0.25) is 19.4 Å². The van der Waals surface area contributed by atoms with Gasteiger partial charge in [0.15, 0.2) is 0 Å². The van der Waals surface area contributed by atoms with Gasteiger partial charge in [0.25, 0.3) is 0 Å². The Morgan fingerprint density at radius 3 is 1.50 bits per heavy atom. The van der Waals surface area contributed by atoms with Gasteiger partial charge in [-0.25, -0.2) is 9.97 Å². The first-order valence-electron chi connectivity index (χ1n) is 27.2. The number of benzene rings is 4. The second-order valence-corrected chi connectivity index (χ2v) is 19.7. The summed E-state index contributed by atoms with van der Waals surface area (Å²) in [6, 6.07) is 32.1. The molecule has 6 aromatic rings. The molecule has 0 saturated carbocycles. The highest BCUT2D eigenvalue weighted by Crippen LogP contribution is 2.29. The van der Waals surface area contributed by atoms with Crippen molar-refractivity contribution in [2.45, 2.75) is 73.1 Å². The Bertz CT molecular complexity index is 2910. The molecule has 1 unspecified atom stereocenters. The molecule has 14 heteroatoms. The molecule has 0 N–H and O–H groups in total. The van der Waals surface area contributed by atoms with Gasteiger partial charge < -0.3 is 38.2 Å². The Hall–Kier alpha value is -7.16. The van der Waals surface area contributed by atoms with Crippen molar-refractivity contribution in [3.63, 3.8) is 0 Å². The number of unbranched alkanes of at least 4 members (excludes halogenated alkanes) is 2. The van der Waals surface area contributed by atoms with Crippen LogP contribution in [0, 0.1) is 19.8 Å². The Labute approximate surface area is 449 Å². The molecule has 0 amide bonds. The molecule has 4 heterocycles. The maximum absolute atomic E-state index is 12.8. The standard InChI is InChI=1S/C62H76N6O8/c1-6-14-53-46(3)16-12-18-57(53)67-36-32-65(33-37-67)30-8-10-40-71-51-25-21-49-23-27-59(63-55(49)42-51)73-44-75-61(69)29-20-48(5)62(70)76-45-74-60-28-24-50-22-26-52(43-56(50)64-60)72-41-11-9-31-66-34-38-68(39-35-66)58-19-13-17-47(4)54(58)15-7-2/h6-7,12-19,21-28,42-43,48H,8-11,20,29-41,44-45H2,1-5H3/b14-6-,15-7-. The van der Waals surface area contributed by atoms with E-state index in [4.69, 9.17) is 28.4 Å². The van der Waals surface area contributed by atoms with E-state index in [1.54, 1.807) is 19.1 Å². The molecule has 402 valence electrons. The summed E-state index contributed by atoms with van der Waals surface area (Å²) in [4.78, 5) is 44.7. The van der Waals surface area contributed by atoms with Crippen molar-refractivity contribution in [3.05, 3.63) is 131 Å². The highest BCUT2D eigenvalue weighted by molar-refractivity contribution is 5.81. The Kier molecular flexibility index (Phi) is 20.4. The first kappa shape index (κ1) is 55.1. The van der Waals surface area contributed by atoms with E-state index in [9.17, 15) is 9.59 Å². The number of rotatable bonds is 26. The van der Waals surface area contributed by atoms with Crippen LogP contribution in [0.2, 0.25) is 0 Å². The number of hydrogen-bond acceptors (Lipinski definition) is 14. The third kappa shape index (κ3) is 15.7. The van der Waals surface area contributed by atoms with E-state index in [0.717, 1.165) is 113 Å². The number of carbonyl (C=O) groups excluding carboxylic acids is 2. The van der Waals surface area contributed by atoms with Crippen molar-refractivity contribution in [2.75, 3.05) is 102 Å². The molecule has 76 heavy (non-hydrogen) atoms. The molecule has 0 bridgehead atoms. The van der Waals surface area contributed by atoms with E-state index in [2.05, 4.69) is 118 Å². The van der Waals surface area contributed by atoms with Crippen LogP contribution in [-0.4, -0.2) is 124 Å². The first-order chi connectivity index (χ1) is 37.1. The topological polar surface area (TPSA) is 128 Å². The maximum Gasteiger partial charge on any atom is 0.311 e. The number of piperazine rings is 2. The van der Waals surface area contributed by atoms with Crippen LogP contribution in [0.1, 0.15) is 81.5 Å². The minimum absolute atomic E-state index is 0.00989. The summed E-state index contributed by atoms with van der Waals surface area (Å²) in [6.07, 6.45) is 13.0. The highest BCUT2D eigenvalue weighted by Gasteiger charge is 2.22. The molecular weight excluding hydrogens is 957 g/mol. The van der Waals surface area contributed by atoms with Crippen LogP contribution >= 0.6 is 0 Å². The monoisotopic (exact) mass is 1030 g/mol. The van der Waals surface area contributed by atoms with Gasteiger partial charge in [0.05, 0.1) is 30.2 Å². The molecule has 2 aliphatic rings. The lowest BCUT2D eigenvalue weighted by molar-refractivity contribution is -0.156. The summed E-state index contributed by atoms with van der Waals surface area (Å²) >= 11 is 0. The molecular formula is C62H76N6O8. The van der Waals surface area contributed by atoms with E-state index >= 15 is 0 Å². The van der Waals surface area contributed by atoms with Crippen molar-refractivity contribution >= 4 is 57.3 Å². The number of anilines is 2. The average Bonchev–Trinajstić information content (AvgIpc) is 3.44. The largest absolute Gasteiger partial charge is 0.494 e. The summed E-state index contributed by atoms with van der Waals surface area (Å²) in [7, 11) is 0. The number of aryl methyl sites for hydroxylation is 2. The van der Waals surface area contributed by atoms with Crippen LogP contribution in [0.3, 0.4) is 0 Å². The Morgan fingerprint density at radius 1 is 0.566 bits per heavy atom. The zero-order chi connectivity index (χ0) is 53.1. The summed E-state index contributed by atoms with van der Waals surface area (Å²) in [5, 5.41) is 1.88. The molecule has 1 atom stereocenters. The van der Waals surface area contributed by atoms with E-state index in [0.29, 0.717) is 36.0 Å². The fraction of sp³-hybridized carbons (Fsp3) is 0.419. The SMILES string of the molecule is C/C=C\c1c(C)cccc1N1CCN(CCCCOc2ccc3ccc(OCOC(=O)CCC(C)C(=O)OCOc4ccc5ccc(OCCCCN6CCN(c7cccc(C)c7/C=C\C)CC6)cc5n4)nc3c2)CC1. The predicted molar refractivity (Wildman–Crippen MR) is 304 cm³/mol. The van der Waals surface area contributed by atoms with Gasteiger partial charge in [-0.15, -0.1) is 0 Å². The van der Waals surface area contributed by atoms with Crippen LogP contribution in [-0.2, 0) is 19.1 Å². The lowest BCUT2D eigenvalue weighted by Gasteiger charge is -2.37. The number of carbonyl (C=O) groups is 2. The molecule has 14 nitrogen and oxygen atoms in total. The number of aromatic nitrogens is 2. The third-order valence-electron chi connectivity index (χ3n) is 14.3. The maximum atomic E-state index is 12.8. The number of ether oxygens (including phenoxy) is 6. The molecule has 0 radical (unpaired) electrons. The zero-order valence-corrected chi connectivity index (χ0v) is 45.2. The molecule has 4 aromatic carbocycles. The van der Waals surface area contributed by atoms with E-state index in [1.165, 1.54) is 33.6 Å². The normalized spacial score (nSPS) is 14.9. The molecule has 2 saturated heterocycles. The quantitative estimate of drug-likeness (QED) is 0.0290. The highest BCUT2D eigenvalue weighted by atomic mass is 16.7. The summed E-state index contributed by atoms with van der Waals surface area (Å²) in [5.41, 5.74) is 9.35. The fourth-order valence-corrected chi connectivity index (χ4v) is 9.80. The van der Waals surface area contributed by atoms with Crippen molar-refractivity contribution < 1.29 is 38.0 Å². The minimum Gasteiger partial charge on any atom is -0.494 e. The van der Waals surface area contributed by atoms with Crippen molar-refractivity contribution in [1.82, 2.24) is 19.8 Å². The first-order valence-corrected chi connectivity index (χ1v) is 27.2. The number of pyridine rings is 2. The van der Waals surface area contributed by atoms with Gasteiger partial charge >= 0.3 is 11.9 Å². The van der Waals surface area contributed by atoms with Crippen LogP contribution in [0.15, 0.2) is 109 Å². The van der Waals surface area contributed by atoms with Crippen LogP contribution in [0.4, 0.5) is 11.4 Å². The molecule has 2 aliphatic heterocycles. The average molecular weight is 1030 g/mol. The van der Waals surface area contributed by atoms with E-state index in [1.807, 2.05) is 48.5 Å². The molecule has 2 fully saturated rings. The molecule has 8 rings (SSSR count). The fourth-order valence-electron chi connectivity index (χ4n) is 9.80. The Morgan fingerprint density at radius 2 is 1.03 bits per heavy atom.